The fraction of sp³-hybridized carbons (Fsp3) is 0.212. The van der Waals surface area contributed by atoms with Crippen LogP contribution in [0, 0.1) is 0 Å². The Hall–Kier alpha value is -5.11. The van der Waals surface area contributed by atoms with Crippen LogP contribution in [0.5, 0.6) is 0 Å². The average molecular weight is 927 g/mol. The fourth-order valence-electron chi connectivity index (χ4n) is 4.91. The smallest absolute Gasteiger partial charge is 0.446 e. The van der Waals surface area contributed by atoms with E-state index in [2.05, 4.69) is 30.2 Å². The number of thioether (sulfide) groups is 2. The highest BCUT2D eigenvalue weighted by Gasteiger charge is 2.31. The van der Waals surface area contributed by atoms with Gasteiger partial charge in [0.2, 0.25) is 11.8 Å². The standard InChI is InChI=1S/C17H14F3N3O5S2.C16H11ClF3N3O4S2/c1-3-30(25,26)13-6-9(15(23-24)27-2)8-21-14(13)16-22-11-7-10(29-17(18,19)20)4-5-12(11)28-16;1-2-29(25,26)12-5-8(14(17)23-24)7-21-13(12)15-22-10-6-9(28-16(18,19)20)3-4-11(10)27-15/h4-8,24H,3H2,1-2H3;3-7,24H,2H2,1H3/b23-15-;23-14-. The van der Waals surface area contributed by atoms with E-state index >= 15 is 0 Å². The van der Waals surface area contributed by atoms with Crippen molar-refractivity contribution in [3.63, 3.8) is 0 Å². The van der Waals surface area contributed by atoms with Crippen LogP contribution in [0.3, 0.4) is 0 Å². The number of halogens is 7. The highest BCUT2D eigenvalue weighted by molar-refractivity contribution is 8.00. The molecule has 2 N–H and O–H groups in total. The van der Waals surface area contributed by atoms with Crippen molar-refractivity contribution in [3.05, 3.63) is 72.1 Å². The summed E-state index contributed by atoms with van der Waals surface area (Å²) in [6, 6.07) is 9.76. The van der Waals surface area contributed by atoms with Gasteiger partial charge in [0.1, 0.15) is 22.4 Å². The molecule has 0 bridgehead atoms. The number of fused-ring (bicyclic) bond motifs is 2. The Morgan fingerprint density at radius 2 is 1.15 bits per heavy atom. The number of hydrogen-bond acceptors (Lipinski definition) is 17. The van der Waals surface area contributed by atoms with Crippen molar-refractivity contribution < 1.29 is 67.2 Å². The molecular formula is C33H25ClF6N6O9S4. The van der Waals surface area contributed by atoms with Gasteiger partial charge in [-0.05, 0) is 77.2 Å². The van der Waals surface area contributed by atoms with Crippen LogP contribution in [0.2, 0.25) is 0 Å². The molecule has 6 aromatic rings. The Morgan fingerprint density at radius 1 is 0.729 bits per heavy atom. The van der Waals surface area contributed by atoms with E-state index in [0.717, 1.165) is 12.3 Å². The predicted octanol–water partition coefficient (Wildman–Crippen LogP) is 8.75. The van der Waals surface area contributed by atoms with Crippen LogP contribution in [0.1, 0.15) is 25.0 Å². The van der Waals surface area contributed by atoms with Gasteiger partial charge in [-0.3, -0.25) is 0 Å². The van der Waals surface area contributed by atoms with Crippen molar-refractivity contribution in [2.75, 3.05) is 18.6 Å². The van der Waals surface area contributed by atoms with Crippen LogP contribution in [0.25, 0.3) is 45.4 Å². The van der Waals surface area contributed by atoms with Crippen LogP contribution in [0.15, 0.2) is 99.7 Å². The van der Waals surface area contributed by atoms with E-state index in [1.165, 1.54) is 69.6 Å². The van der Waals surface area contributed by atoms with E-state index < -0.39 is 30.7 Å². The van der Waals surface area contributed by atoms with Crippen LogP contribution >= 0.6 is 35.1 Å². The second kappa shape index (κ2) is 17.6. The summed E-state index contributed by atoms with van der Waals surface area (Å²) >= 11 is 5.11. The molecule has 2 aromatic carbocycles. The summed E-state index contributed by atoms with van der Waals surface area (Å²) in [4.78, 5) is 15.6. The topological polar surface area (TPSA) is 221 Å². The largest absolute Gasteiger partial charge is 0.478 e. The molecule has 26 heteroatoms. The molecular weight excluding hydrogens is 902 g/mol. The Morgan fingerprint density at radius 3 is 1.53 bits per heavy atom. The second-order valence-electron chi connectivity index (χ2n) is 11.3. The fourth-order valence-corrected chi connectivity index (χ4v) is 8.27. The first-order chi connectivity index (χ1) is 27.6. The van der Waals surface area contributed by atoms with Gasteiger partial charge in [-0.15, -0.1) is 0 Å². The summed E-state index contributed by atoms with van der Waals surface area (Å²) in [7, 11) is -6.42. The van der Waals surface area contributed by atoms with Gasteiger partial charge in [0.05, 0.1) is 34.0 Å². The van der Waals surface area contributed by atoms with Crippen molar-refractivity contribution in [1.82, 2.24) is 19.9 Å². The minimum Gasteiger partial charge on any atom is -0.478 e. The number of ether oxygens (including phenoxy) is 1. The van der Waals surface area contributed by atoms with Gasteiger partial charge < -0.3 is 24.0 Å². The third-order valence-corrected chi connectivity index (χ3v) is 12.8. The summed E-state index contributed by atoms with van der Waals surface area (Å²) in [6.07, 6.45) is 2.36. The number of alkyl halides is 6. The van der Waals surface area contributed by atoms with Crippen molar-refractivity contribution in [1.29, 1.82) is 0 Å². The minimum atomic E-state index is -4.46. The van der Waals surface area contributed by atoms with Gasteiger partial charge in [-0.1, -0.05) is 30.6 Å². The molecule has 59 heavy (non-hydrogen) atoms. The Kier molecular flexibility index (Phi) is 13.4. The molecule has 0 radical (unpaired) electrons. The lowest BCUT2D eigenvalue weighted by atomic mass is 10.2. The molecule has 4 heterocycles. The number of methoxy groups -OCH3 is 1. The van der Waals surface area contributed by atoms with Crippen molar-refractivity contribution in [2.24, 2.45) is 10.3 Å². The number of sulfone groups is 2. The quantitative estimate of drug-likeness (QED) is 0.0327. The molecule has 314 valence electrons. The van der Waals surface area contributed by atoms with Crippen LogP contribution in [0.4, 0.5) is 26.3 Å². The van der Waals surface area contributed by atoms with Gasteiger partial charge in [-0.25, -0.2) is 36.8 Å². The van der Waals surface area contributed by atoms with Crippen LogP contribution in [-0.4, -0.2) is 87.9 Å². The van der Waals surface area contributed by atoms with Gasteiger partial charge in [0, 0.05) is 27.7 Å². The first kappa shape index (κ1) is 45.0. The zero-order valence-electron chi connectivity index (χ0n) is 29.9. The lowest BCUT2D eigenvalue weighted by molar-refractivity contribution is -0.0337. The molecule has 0 aliphatic rings. The Labute approximate surface area is 342 Å². The van der Waals surface area contributed by atoms with E-state index in [0.29, 0.717) is 0 Å². The van der Waals surface area contributed by atoms with Crippen LogP contribution < -0.4 is 0 Å². The summed E-state index contributed by atoms with van der Waals surface area (Å²) in [5.74, 6) is -1.17. The number of pyridine rings is 2. The highest BCUT2D eigenvalue weighted by Crippen LogP contribution is 2.40. The number of aromatic nitrogens is 4. The maximum atomic E-state index is 12.6. The molecule has 0 unspecified atom stereocenters. The van der Waals surface area contributed by atoms with E-state index in [9.17, 15) is 43.2 Å². The zero-order valence-corrected chi connectivity index (χ0v) is 33.9. The number of rotatable bonds is 10. The number of oxime groups is 2. The summed E-state index contributed by atoms with van der Waals surface area (Å²) in [5, 5.41) is 23.1. The zero-order chi connectivity index (χ0) is 43.5. The number of nitrogens with zero attached hydrogens (tertiary/aromatic N) is 6. The molecule has 4 aromatic heterocycles. The van der Waals surface area contributed by atoms with Crippen LogP contribution in [-0.2, 0) is 24.4 Å². The monoisotopic (exact) mass is 926 g/mol. The molecule has 6 rings (SSSR count). The summed E-state index contributed by atoms with van der Waals surface area (Å²) in [5.41, 5.74) is -8.52. The third kappa shape index (κ3) is 10.7. The van der Waals surface area contributed by atoms with Gasteiger partial charge >= 0.3 is 11.0 Å². The molecule has 0 aliphatic carbocycles. The molecule has 15 nitrogen and oxygen atoms in total. The minimum absolute atomic E-state index is 0.0462. The number of benzene rings is 2. The molecule has 0 saturated carbocycles. The summed E-state index contributed by atoms with van der Waals surface area (Å²) < 4.78 is 142. The van der Waals surface area contributed by atoms with E-state index in [1.807, 2.05) is 0 Å². The predicted molar refractivity (Wildman–Crippen MR) is 203 cm³/mol. The lowest BCUT2D eigenvalue weighted by Gasteiger charge is -2.09. The normalized spacial score (nSPS) is 13.1. The molecule has 0 atom stereocenters. The van der Waals surface area contributed by atoms with E-state index in [1.54, 1.807) is 0 Å². The van der Waals surface area contributed by atoms with E-state index in [4.69, 9.17) is 35.6 Å². The maximum absolute atomic E-state index is 12.6. The Bertz CT molecular complexity index is 2820. The molecule has 0 aliphatic heterocycles. The van der Waals surface area contributed by atoms with Crippen molar-refractivity contribution >= 4 is 88.1 Å². The second-order valence-corrected chi connectivity index (χ2v) is 18.5. The summed E-state index contributed by atoms with van der Waals surface area (Å²) in [6.45, 7) is 2.84. The van der Waals surface area contributed by atoms with E-state index in [-0.39, 0.29) is 122 Å². The first-order valence-corrected chi connectivity index (χ1v) is 21.4. The van der Waals surface area contributed by atoms with Gasteiger partial charge in [-0.2, -0.15) is 26.3 Å². The maximum Gasteiger partial charge on any atom is 0.446 e. The number of oxazole rings is 2. The van der Waals surface area contributed by atoms with Gasteiger partial charge in [0.25, 0.3) is 5.90 Å². The molecule has 0 fully saturated rings. The molecule has 0 saturated heterocycles. The van der Waals surface area contributed by atoms with Gasteiger partial charge in [0.15, 0.2) is 36.0 Å². The third-order valence-electron chi connectivity index (χ3n) is 7.58. The highest BCUT2D eigenvalue weighted by atomic mass is 35.5. The first-order valence-electron chi connectivity index (χ1n) is 16.0. The molecule has 0 amide bonds. The SMILES string of the molecule is CCS(=O)(=O)c1cc(/C(=N/O)OC)cnc1-c1nc2cc(SC(F)(F)F)ccc2o1.CCS(=O)(=O)c1cc(/C(Cl)=N/O)cnc1-c1nc2cc(SC(F)(F)F)ccc2o1. The van der Waals surface area contributed by atoms with Crippen molar-refractivity contribution in [3.8, 4) is 23.2 Å². The lowest BCUT2D eigenvalue weighted by Crippen LogP contribution is -2.11. The van der Waals surface area contributed by atoms with Crippen molar-refractivity contribution in [2.45, 2.75) is 44.4 Å². The molecule has 0 spiro atoms. The average Bonchev–Trinajstić information content (AvgIpc) is 3.81. The Balaban J connectivity index is 0.000000224. The number of hydrogen-bond donors (Lipinski definition) is 2.